The first-order chi connectivity index (χ1) is 10.0. The van der Waals surface area contributed by atoms with Gasteiger partial charge in [-0.15, -0.1) is 0 Å². The normalized spacial score (nSPS) is 29.1. The summed E-state index contributed by atoms with van der Waals surface area (Å²) in [4.78, 5) is 3.04. The van der Waals surface area contributed by atoms with E-state index in [0.29, 0.717) is 11.0 Å². The number of hydrogen-bond acceptors (Lipinski definition) is 3. The molecule has 5 heteroatoms. The molecular weight excluding hydrogens is 346 g/mol. The molecule has 1 aromatic rings. The molecule has 0 spiro atoms. The van der Waals surface area contributed by atoms with Crippen LogP contribution in [0.1, 0.15) is 37.7 Å². The van der Waals surface area contributed by atoms with E-state index in [0.717, 1.165) is 27.8 Å². The molecule has 0 aromatic heterocycles. The van der Waals surface area contributed by atoms with E-state index < -0.39 is 0 Å². The predicted molar refractivity (Wildman–Crippen MR) is 95.9 cm³/mol. The number of nitrogens with one attached hydrogen (secondary N) is 1. The number of benzene rings is 1. The molecule has 3 N–H and O–H groups in total. The zero-order valence-corrected chi connectivity index (χ0v) is 14.7. The second-order valence-electron chi connectivity index (χ2n) is 6.27. The van der Waals surface area contributed by atoms with E-state index in [4.69, 9.17) is 18.0 Å². The molecule has 0 amide bonds. The van der Waals surface area contributed by atoms with Gasteiger partial charge in [-0.3, -0.25) is 0 Å². The third kappa shape index (κ3) is 3.25. The molecule has 2 aliphatic rings. The summed E-state index contributed by atoms with van der Waals surface area (Å²) >= 11 is 8.71. The molecule has 0 radical (unpaired) electrons. The van der Waals surface area contributed by atoms with Crippen LogP contribution in [0.2, 0.25) is 0 Å². The van der Waals surface area contributed by atoms with Crippen molar-refractivity contribution in [2.45, 2.75) is 50.2 Å². The number of nitrogens with two attached hydrogens (primary N) is 1. The van der Waals surface area contributed by atoms with Crippen LogP contribution in [0.25, 0.3) is 0 Å². The SMILES string of the molecule is CN1C2CCCC1CC(Nc1cc(Br)ccc1C(N)=S)C2. The highest BCUT2D eigenvalue weighted by Gasteiger charge is 2.36. The van der Waals surface area contributed by atoms with Gasteiger partial charge in [0.15, 0.2) is 0 Å². The van der Waals surface area contributed by atoms with E-state index in [1.165, 1.54) is 32.1 Å². The number of piperidine rings is 2. The number of anilines is 1. The first-order valence-electron chi connectivity index (χ1n) is 7.62. The van der Waals surface area contributed by atoms with Crippen molar-refractivity contribution in [2.75, 3.05) is 12.4 Å². The van der Waals surface area contributed by atoms with Crippen molar-refractivity contribution in [3.8, 4) is 0 Å². The topological polar surface area (TPSA) is 41.3 Å². The number of nitrogens with zero attached hydrogens (tertiary/aromatic N) is 1. The Bertz CT molecular complexity index is 534. The van der Waals surface area contributed by atoms with Crippen LogP contribution < -0.4 is 11.1 Å². The van der Waals surface area contributed by atoms with Gasteiger partial charge in [-0.05, 0) is 50.9 Å². The van der Waals surface area contributed by atoms with Gasteiger partial charge in [0.2, 0.25) is 0 Å². The largest absolute Gasteiger partial charge is 0.389 e. The lowest BCUT2D eigenvalue weighted by Crippen LogP contribution is -2.52. The van der Waals surface area contributed by atoms with E-state index in [1.807, 2.05) is 12.1 Å². The first-order valence-corrected chi connectivity index (χ1v) is 8.82. The second kappa shape index (κ2) is 6.23. The molecule has 2 aliphatic heterocycles. The van der Waals surface area contributed by atoms with Crippen molar-refractivity contribution in [2.24, 2.45) is 5.73 Å². The van der Waals surface area contributed by atoms with Crippen LogP contribution in [-0.2, 0) is 0 Å². The maximum Gasteiger partial charge on any atom is 0.106 e. The van der Waals surface area contributed by atoms with Gasteiger partial charge < -0.3 is 16.0 Å². The van der Waals surface area contributed by atoms with E-state index in [9.17, 15) is 0 Å². The Kier molecular flexibility index (Phi) is 4.52. The summed E-state index contributed by atoms with van der Waals surface area (Å²) < 4.78 is 1.05. The number of rotatable bonds is 3. The standard InChI is InChI=1S/C16H22BrN3S/c1-20-12-3-2-4-13(20)9-11(8-12)19-15-7-10(17)5-6-14(15)16(18)21/h5-7,11-13,19H,2-4,8-9H2,1H3,(H2,18,21). The van der Waals surface area contributed by atoms with Crippen molar-refractivity contribution >= 4 is 38.8 Å². The molecule has 3 rings (SSSR count). The van der Waals surface area contributed by atoms with Crippen LogP contribution in [0.4, 0.5) is 5.69 Å². The van der Waals surface area contributed by atoms with Crippen LogP contribution in [0.15, 0.2) is 22.7 Å². The van der Waals surface area contributed by atoms with E-state index >= 15 is 0 Å². The van der Waals surface area contributed by atoms with Crippen LogP contribution in [-0.4, -0.2) is 35.1 Å². The molecule has 2 fully saturated rings. The Labute approximate surface area is 140 Å². The van der Waals surface area contributed by atoms with Crippen LogP contribution >= 0.6 is 28.1 Å². The highest BCUT2D eigenvalue weighted by atomic mass is 79.9. The lowest BCUT2D eigenvalue weighted by atomic mass is 9.82. The van der Waals surface area contributed by atoms with Gasteiger partial charge in [-0.1, -0.05) is 34.6 Å². The summed E-state index contributed by atoms with van der Waals surface area (Å²) in [6, 6.07) is 8.01. The number of hydrogen-bond donors (Lipinski definition) is 2. The minimum absolute atomic E-state index is 0.457. The zero-order valence-electron chi connectivity index (χ0n) is 12.3. The van der Waals surface area contributed by atoms with Crippen molar-refractivity contribution in [3.63, 3.8) is 0 Å². The number of thiocarbonyl (C=S) groups is 1. The smallest absolute Gasteiger partial charge is 0.106 e. The van der Waals surface area contributed by atoms with E-state index in [1.54, 1.807) is 0 Å². The van der Waals surface area contributed by atoms with Crippen LogP contribution in [0.3, 0.4) is 0 Å². The summed E-state index contributed by atoms with van der Waals surface area (Å²) in [6.07, 6.45) is 6.44. The fraction of sp³-hybridized carbons (Fsp3) is 0.562. The van der Waals surface area contributed by atoms with Gasteiger partial charge in [-0.2, -0.15) is 0 Å². The molecule has 1 aromatic carbocycles. The second-order valence-corrected chi connectivity index (χ2v) is 7.63. The first kappa shape index (κ1) is 15.3. The Morgan fingerprint density at radius 3 is 2.62 bits per heavy atom. The highest BCUT2D eigenvalue weighted by Crippen LogP contribution is 2.34. The van der Waals surface area contributed by atoms with Gasteiger partial charge in [0.1, 0.15) is 4.99 Å². The Balaban J connectivity index is 1.78. The molecule has 2 atom stereocenters. The maximum atomic E-state index is 5.85. The average Bonchev–Trinajstić information content (AvgIpc) is 2.39. The van der Waals surface area contributed by atoms with Gasteiger partial charge in [0.05, 0.1) is 0 Å². The summed E-state index contributed by atoms with van der Waals surface area (Å²) in [5, 5.41) is 3.70. The minimum atomic E-state index is 0.457. The van der Waals surface area contributed by atoms with Crippen LogP contribution in [0.5, 0.6) is 0 Å². The molecule has 3 nitrogen and oxygen atoms in total. The zero-order chi connectivity index (χ0) is 15.0. The van der Waals surface area contributed by atoms with Gasteiger partial charge >= 0.3 is 0 Å². The van der Waals surface area contributed by atoms with Crippen molar-refractivity contribution < 1.29 is 0 Å². The van der Waals surface area contributed by atoms with Gasteiger partial charge in [0, 0.05) is 33.8 Å². The third-order valence-corrected chi connectivity index (χ3v) is 5.66. The Morgan fingerprint density at radius 1 is 1.33 bits per heavy atom. The molecule has 2 saturated heterocycles. The fourth-order valence-corrected chi connectivity index (χ4v) is 4.34. The quantitative estimate of drug-likeness (QED) is 0.802. The maximum absolute atomic E-state index is 5.85. The summed E-state index contributed by atoms with van der Waals surface area (Å²) in [6.45, 7) is 0. The number of fused-ring (bicyclic) bond motifs is 2. The third-order valence-electron chi connectivity index (χ3n) is 4.95. The molecule has 2 heterocycles. The Hall–Kier alpha value is -0.650. The molecule has 114 valence electrons. The van der Waals surface area contributed by atoms with Gasteiger partial charge in [-0.25, -0.2) is 0 Å². The molecule has 21 heavy (non-hydrogen) atoms. The summed E-state index contributed by atoms with van der Waals surface area (Å²) in [5.41, 5.74) is 7.85. The Morgan fingerprint density at radius 2 is 2.00 bits per heavy atom. The van der Waals surface area contributed by atoms with E-state index in [2.05, 4.69) is 39.3 Å². The minimum Gasteiger partial charge on any atom is -0.389 e. The molecule has 0 saturated carbocycles. The summed E-state index contributed by atoms with van der Waals surface area (Å²) in [7, 11) is 2.28. The molecule has 0 aliphatic carbocycles. The van der Waals surface area contributed by atoms with Crippen molar-refractivity contribution in [1.82, 2.24) is 4.90 Å². The van der Waals surface area contributed by atoms with Crippen LogP contribution in [0, 0.1) is 0 Å². The fourth-order valence-electron chi connectivity index (χ4n) is 3.80. The summed E-state index contributed by atoms with van der Waals surface area (Å²) in [5.74, 6) is 0. The molecule has 2 unspecified atom stereocenters. The molecule has 2 bridgehead atoms. The lowest BCUT2D eigenvalue weighted by Gasteiger charge is -2.47. The monoisotopic (exact) mass is 367 g/mol. The number of halogens is 1. The lowest BCUT2D eigenvalue weighted by molar-refractivity contribution is 0.0608. The predicted octanol–water partition coefficient (Wildman–Crippen LogP) is 3.51. The average molecular weight is 368 g/mol. The molecular formula is C16H22BrN3S. The van der Waals surface area contributed by atoms with Gasteiger partial charge in [0.25, 0.3) is 0 Å². The highest BCUT2D eigenvalue weighted by molar-refractivity contribution is 9.10. The van der Waals surface area contributed by atoms with E-state index in [-0.39, 0.29) is 0 Å². The van der Waals surface area contributed by atoms with Crippen molar-refractivity contribution in [3.05, 3.63) is 28.2 Å². The van der Waals surface area contributed by atoms with Crippen molar-refractivity contribution in [1.29, 1.82) is 0 Å².